The van der Waals surface area contributed by atoms with Gasteiger partial charge in [0.25, 0.3) is 5.69 Å². The first-order valence-electron chi connectivity index (χ1n) is 7.34. The predicted octanol–water partition coefficient (Wildman–Crippen LogP) is 4.48. The summed E-state index contributed by atoms with van der Waals surface area (Å²) in [6, 6.07) is 14.0. The van der Waals surface area contributed by atoms with Gasteiger partial charge in [-0.05, 0) is 30.2 Å². The molecule has 1 unspecified atom stereocenters. The summed E-state index contributed by atoms with van der Waals surface area (Å²) < 4.78 is 0. The fraction of sp³-hybridized carbons (Fsp3) is 0.167. The number of carbonyl (C=O) groups is 1. The second kappa shape index (κ2) is 7.75. The van der Waals surface area contributed by atoms with Crippen molar-refractivity contribution < 1.29 is 9.72 Å². The number of rotatable bonds is 5. The number of halogens is 1. The molecule has 0 radical (unpaired) electrons. The molecule has 1 atom stereocenters. The van der Waals surface area contributed by atoms with Gasteiger partial charge in [-0.3, -0.25) is 14.9 Å². The highest BCUT2D eigenvalue weighted by Gasteiger charge is 2.15. The van der Waals surface area contributed by atoms with Crippen molar-refractivity contribution in [3.63, 3.8) is 0 Å². The Kier molecular flexibility index (Phi) is 5.71. The van der Waals surface area contributed by atoms with Crippen molar-refractivity contribution in [1.29, 1.82) is 0 Å². The molecule has 0 aliphatic rings. The zero-order valence-corrected chi connectivity index (χ0v) is 14.1. The molecule has 124 valence electrons. The average molecular weight is 345 g/mol. The van der Waals surface area contributed by atoms with Gasteiger partial charge in [0.1, 0.15) is 5.02 Å². The Morgan fingerprint density at radius 2 is 1.92 bits per heavy atom. The van der Waals surface area contributed by atoms with Crippen LogP contribution in [0.3, 0.4) is 0 Å². The van der Waals surface area contributed by atoms with Gasteiger partial charge in [0.05, 0.1) is 11.0 Å². The van der Waals surface area contributed by atoms with Crippen LogP contribution < -0.4 is 0 Å². The van der Waals surface area contributed by atoms with E-state index in [1.807, 2.05) is 37.3 Å². The lowest BCUT2D eigenvalue weighted by Gasteiger charge is -2.24. The summed E-state index contributed by atoms with van der Waals surface area (Å²) in [5.74, 6) is -0.191. The molecule has 6 heteroatoms. The molecule has 2 aromatic carbocycles. The second-order valence-electron chi connectivity index (χ2n) is 5.34. The van der Waals surface area contributed by atoms with E-state index in [0.717, 1.165) is 5.56 Å². The number of likely N-dealkylation sites (N-methyl/N-ethyl adjacent to an activating group) is 1. The third-order valence-corrected chi connectivity index (χ3v) is 4.12. The summed E-state index contributed by atoms with van der Waals surface area (Å²) in [6.45, 7) is 1.94. The molecule has 0 aromatic heterocycles. The van der Waals surface area contributed by atoms with Gasteiger partial charge in [0, 0.05) is 19.2 Å². The van der Waals surface area contributed by atoms with Crippen molar-refractivity contribution in [3.05, 3.63) is 80.9 Å². The third kappa shape index (κ3) is 4.20. The molecule has 0 saturated carbocycles. The molecule has 0 spiro atoms. The van der Waals surface area contributed by atoms with E-state index >= 15 is 0 Å². The molecule has 0 heterocycles. The quantitative estimate of drug-likeness (QED) is 0.456. The monoisotopic (exact) mass is 344 g/mol. The van der Waals surface area contributed by atoms with E-state index in [1.54, 1.807) is 24.1 Å². The number of nitro benzene ring substituents is 1. The van der Waals surface area contributed by atoms with Crippen molar-refractivity contribution >= 4 is 29.3 Å². The number of hydrogen-bond acceptors (Lipinski definition) is 3. The van der Waals surface area contributed by atoms with Crippen molar-refractivity contribution in [3.8, 4) is 0 Å². The molecular formula is C18H17ClN2O3. The normalized spacial score (nSPS) is 12.1. The summed E-state index contributed by atoms with van der Waals surface area (Å²) in [5.41, 5.74) is 1.39. The first-order chi connectivity index (χ1) is 11.4. The molecule has 24 heavy (non-hydrogen) atoms. The zero-order chi connectivity index (χ0) is 17.7. The van der Waals surface area contributed by atoms with Crippen molar-refractivity contribution in [1.82, 2.24) is 4.90 Å². The van der Waals surface area contributed by atoms with Crippen molar-refractivity contribution in [2.24, 2.45) is 0 Å². The second-order valence-corrected chi connectivity index (χ2v) is 5.74. The van der Waals surface area contributed by atoms with Gasteiger partial charge in [-0.15, -0.1) is 0 Å². The van der Waals surface area contributed by atoms with Crippen LogP contribution in [0.1, 0.15) is 24.1 Å². The van der Waals surface area contributed by atoms with Gasteiger partial charge in [0.15, 0.2) is 0 Å². The molecule has 0 bridgehead atoms. The Bertz CT molecular complexity index is 775. The van der Waals surface area contributed by atoms with Crippen LogP contribution in [0.2, 0.25) is 5.02 Å². The van der Waals surface area contributed by atoms with Crippen molar-refractivity contribution in [2.45, 2.75) is 13.0 Å². The van der Waals surface area contributed by atoms with Crippen LogP contribution in [-0.2, 0) is 4.79 Å². The Morgan fingerprint density at radius 1 is 1.25 bits per heavy atom. The molecule has 5 nitrogen and oxygen atoms in total. The minimum absolute atomic E-state index is 0.0679. The van der Waals surface area contributed by atoms with Crippen LogP contribution in [0.25, 0.3) is 6.08 Å². The molecule has 0 saturated heterocycles. The first-order valence-corrected chi connectivity index (χ1v) is 7.71. The lowest BCUT2D eigenvalue weighted by atomic mass is 10.1. The summed E-state index contributed by atoms with van der Waals surface area (Å²) in [5, 5.41) is 11.0. The maximum absolute atomic E-state index is 12.3. The van der Waals surface area contributed by atoms with E-state index in [1.165, 1.54) is 18.2 Å². The highest BCUT2D eigenvalue weighted by atomic mass is 35.5. The molecule has 2 aromatic rings. The van der Waals surface area contributed by atoms with Crippen LogP contribution in [0.5, 0.6) is 0 Å². The topological polar surface area (TPSA) is 63.5 Å². The van der Waals surface area contributed by atoms with E-state index in [4.69, 9.17) is 11.6 Å². The smallest absolute Gasteiger partial charge is 0.288 e. The Hall–Kier alpha value is -2.66. The molecule has 0 N–H and O–H groups in total. The summed E-state index contributed by atoms with van der Waals surface area (Å²) in [6.07, 6.45) is 2.94. The molecular weight excluding hydrogens is 328 g/mol. The number of nitro groups is 1. The number of carbonyl (C=O) groups excluding carboxylic acids is 1. The van der Waals surface area contributed by atoms with E-state index in [2.05, 4.69) is 0 Å². The lowest BCUT2D eigenvalue weighted by molar-refractivity contribution is -0.384. The maximum Gasteiger partial charge on any atom is 0.288 e. The number of benzene rings is 2. The maximum atomic E-state index is 12.3. The average Bonchev–Trinajstić information content (AvgIpc) is 2.59. The molecule has 0 aliphatic carbocycles. The zero-order valence-electron chi connectivity index (χ0n) is 13.3. The van der Waals surface area contributed by atoms with Gasteiger partial charge in [0.2, 0.25) is 5.91 Å². The largest absolute Gasteiger partial charge is 0.335 e. The van der Waals surface area contributed by atoms with Crippen LogP contribution in [0, 0.1) is 10.1 Å². The van der Waals surface area contributed by atoms with Gasteiger partial charge in [-0.2, -0.15) is 0 Å². The van der Waals surface area contributed by atoms with E-state index in [0.29, 0.717) is 5.56 Å². The molecule has 2 rings (SSSR count). The van der Waals surface area contributed by atoms with Gasteiger partial charge in [-0.1, -0.05) is 48.0 Å². The standard InChI is InChI=1S/C18H17ClN2O3/c1-13(15-6-4-3-5-7-15)20(2)18(22)11-9-14-8-10-16(19)17(12-14)21(23)24/h3-13H,1-2H3/b11-9+. The predicted molar refractivity (Wildman–Crippen MR) is 94.8 cm³/mol. The third-order valence-electron chi connectivity index (χ3n) is 3.80. The van der Waals surface area contributed by atoms with Crippen LogP contribution >= 0.6 is 11.6 Å². The van der Waals surface area contributed by atoms with Crippen LogP contribution in [0.4, 0.5) is 5.69 Å². The van der Waals surface area contributed by atoms with Crippen LogP contribution in [0.15, 0.2) is 54.6 Å². The minimum atomic E-state index is -0.550. The van der Waals surface area contributed by atoms with E-state index < -0.39 is 4.92 Å². The van der Waals surface area contributed by atoms with Crippen molar-refractivity contribution in [2.75, 3.05) is 7.05 Å². The van der Waals surface area contributed by atoms with E-state index in [9.17, 15) is 14.9 Å². The van der Waals surface area contributed by atoms with Crippen LogP contribution in [-0.4, -0.2) is 22.8 Å². The fourth-order valence-electron chi connectivity index (χ4n) is 2.20. The van der Waals surface area contributed by atoms with Gasteiger partial charge >= 0.3 is 0 Å². The Balaban J connectivity index is 2.12. The Labute approximate surface area is 145 Å². The summed E-state index contributed by atoms with van der Waals surface area (Å²) in [7, 11) is 1.72. The van der Waals surface area contributed by atoms with Gasteiger partial charge in [-0.25, -0.2) is 0 Å². The lowest BCUT2D eigenvalue weighted by Crippen LogP contribution is -2.27. The number of nitrogens with zero attached hydrogens (tertiary/aromatic N) is 2. The minimum Gasteiger partial charge on any atom is -0.335 e. The van der Waals surface area contributed by atoms with Gasteiger partial charge < -0.3 is 4.90 Å². The first kappa shape index (κ1) is 17.7. The highest BCUT2D eigenvalue weighted by molar-refractivity contribution is 6.32. The van der Waals surface area contributed by atoms with E-state index in [-0.39, 0.29) is 22.7 Å². The number of hydrogen-bond donors (Lipinski definition) is 0. The Morgan fingerprint density at radius 3 is 2.54 bits per heavy atom. The molecule has 0 aliphatic heterocycles. The molecule has 0 fully saturated rings. The fourth-order valence-corrected chi connectivity index (χ4v) is 2.39. The SMILES string of the molecule is CC(c1ccccc1)N(C)C(=O)/C=C/c1ccc(Cl)c([N+](=O)[O-])c1. The number of amides is 1. The summed E-state index contributed by atoms with van der Waals surface area (Å²) in [4.78, 5) is 24.2. The molecule has 1 amide bonds. The summed E-state index contributed by atoms with van der Waals surface area (Å²) >= 11 is 5.77. The highest BCUT2D eigenvalue weighted by Crippen LogP contribution is 2.25.